The van der Waals surface area contributed by atoms with E-state index in [4.69, 9.17) is 15.9 Å². The molecule has 0 saturated carbocycles. The number of nitrogens with zero attached hydrogens (tertiary/aromatic N) is 2. The second-order valence-corrected chi connectivity index (χ2v) is 7.98. The standard InChI is InChI=1S/C22H21N5OS.CHNO/c1-3-14-4-8-16(9-5-14)26-22(28)27-17-10-6-15(7-11-17)18-13(2)29-21-19(18)20(23)24-12-25-21;2-1-3/h4-12H,3H2,1-2H3,(H2,23,24,25)(H2,26,27,28);2H. The van der Waals surface area contributed by atoms with Gasteiger partial charge in [0.15, 0.2) is 0 Å². The Balaban J connectivity index is 0.000000913. The SMILES string of the molecule is CCc1ccc(NC(=O)Nc2ccc(-c3c(C)sc4ncnc(N)c34)cc2)cc1.N=C=O. The molecule has 2 heterocycles. The molecule has 5 N–H and O–H groups in total. The maximum Gasteiger partial charge on any atom is 0.323 e. The summed E-state index contributed by atoms with van der Waals surface area (Å²) in [4.78, 5) is 31.1. The van der Waals surface area contributed by atoms with Crippen molar-refractivity contribution in [3.8, 4) is 11.1 Å². The van der Waals surface area contributed by atoms with Crippen LogP contribution >= 0.6 is 11.3 Å². The van der Waals surface area contributed by atoms with Gasteiger partial charge < -0.3 is 16.4 Å². The van der Waals surface area contributed by atoms with Crippen LogP contribution in [0.1, 0.15) is 17.4 Å². The molecule has 9 heteroatoms. The smallest absolute Gasteiger partial charge is 0.323 e. The van der Waals surface area contributed by atoms with Gasteiger partial charge in [-0.25, -0.2) is 25.0 Å². The summed E-state index contributed by atoms with van der Waals surface area (Å²) in [6.07, 6.45) is 3.20. The number of carbonyl (C=O) groups is 1. The molecule has 2 amide bonds. The number of thiophene rings is 1. The Morgan fingerprint density at radius 1 is 1.06 bits per heavy atom. The monoisotopic (exact) mass is 446 g/mol. The van der Waals surface area contributed by atoms with Crippen molar-refractivity contribution < 1.29 is 9.59 Å². The first-order chi connectivity index (χ1) is 15.5. The third-order valence-corrected chi connectivity index (χ3v) is 5.76. The molecular weight excluding hydrogens is 424 g/mol. The van der Waals surface area contributed by atoms with Gasteiger partial charge in [-0.15, -0.1) is 11.3 Å². The second-order valence-electron chi connectivity index (χ2n) is 6.78. The largest absolute Gasteiger partial charge is 0.383 e. The molecule has 4 aromatic rings. The van der Waals surface area contributed by atoms with Crippen molar-refractivity contribution in [2.45, 2.75) is 20.3 Å². The summed E-state index contributed by atoms with van der Waals surface area (Å²) in [6, 6.07) is 15.2. The van der Waals surface area contributed by atoms with Crippen LogP contribution in [0.3, 0.4) is 0 Å². The van der Waals surface area contributed by atoms with Gasteiger partial charge in [0, 0.05) is 21.8 Å². The summed E-state index contributed by atoms with van der Waals surface area (Å²) in [5.41, 5.74) is 10.8. The molecule has 0 atom stereocenters. The number of urea groups is 1. The Kier molecular flexibility index (Phi) is 7.28. The van der Waals surface area contributed by atoms with Crippen LogP contribution in [0.5, 0.6) is 0 Å². The third kappa shape index (κ3) is 5.15. The fraction of sp³-hybridized carbons (Fsp3) is 0.130. The molecule has 0 unspecified atom stereocenters. The van der Waals surface area contributed by atoms with Crippen molar-refractivity contribution in [3.05, 3.63) is 65.3 Å². The van der Waals surface area contributed by atoms with Gasteiger partial charge in [-0.05, 0) is 48.7 Å². The van der Waals surface area contributed by atoms with Crippen LogP contribution in [0.4, 0.5) is 22.0 Å². The molecule has 0 aliphatic carbocycles. The topological polar surface area (TPSA) is 134 Å². The number of carbonyl (C=O) groups excluding carboxylic acids is 2. The van der Waals surface area contributed by atoms with Crippen LogP contribution in [0.15, 0.2) is 54.9 Å². The maximum atomic E-state index is 12.3. The van der Waals surface area contributed by atoms with Crippen molar-refractivity contribution in [3.63, 3.8) is 0 Å². The Hall–Kier alpha value is -4.07. The number of anilines is 3. The summed E-state index contributed by atoms with van der Waals surface area (Å²) in [5.74, 6) is 0.477. The highest BCUT2D eigenvalue weighted by atomic mass is 32.1. The number of hydrogen-bond acceptors (Lipinski definition) is 7. The molecule has 0 aliphatic rings. The summed E-state index contributed by atoms with van der Waals surface area (Å²) in [5, 5.41) is 12.0. The molecule has 0 fully saturated rings. The number of nitrogens with one attached hydrogen (secondary N) is 3. The highest BCUT2D eigenvalue weighted by molar-refractivity contribution is 7.19. The second kappa shape index (κ2) is 10.3. The summed E-state index contributed by atoms with van der Waals surface area (Å²) < 4.78 is 0. The lowest BCUT2D eigenvalue weighted by molar-refractivity contribution is 0.262. The Labute approximate surface area is 189 Å². The number of hydrogen-bond donors (Lipinski definition) is 4. The van der Waals surface area contributed by atoms with Crippen LogP contribution < -0.4 is 16.4 Å². The molecule has 2 aromatic heterocycles. The van der Waals surface area contributed by atoms with Crippen LogP contribution in [-0.4, -0.2) is 22.1 Å². The van der Waals surface area contributed by atoms with Crippen molar-refractivity contribution in [1.82, 2.24) is 9.97 Å². The summed E-state index contributed by atoms with van der Waals surface area (Å²) >= 11 is 1.60. The average molecular weight is 447 g/mol. The fourth-order valence-electron chi connectivity index (χ4n) is 3.25. The fourth-order valence-corrected chi connectivity index (χ4v) is 4.27. The first kappa shape index (κ1) is 22.6. The lowest BCUT2D eigenvalue weighted by atomic mass is 10.0. The minimum atomic E-state index is -0.281. The Morgan fingerprint density at radius 3 is 2.19 bits per heavy atom. The number of nitrogen functional groups attached to an aromatic ring is 1. The highest BCUT2D eigenvalue weighted by Gasteiger charge is 2.15. The molecule has 0 saturated heterocycles. The Bertz CT molecular complexity index is 1260. The molecule has 0 spiro atoms. The molecule has 32 heavy (non-hydrogen) atoms. The normalized spacial score (nSPS) is 10.1. The maximum absolute atomic E-state index is 12.3. The number of nitrogens with two attached hydrogens (primary N) is 1. The van der Waals surface area contributed by atoms with Gasteiger partial charge in [-0.1, -0.05) is 31.2 Å². The molecule has 8 nitrogen and oxygen atoms in total. The van der Waals surface area contributed by atoms with Gasteiger partial charge in [0.25, 0.3) is 0 Å². The predicted octanol–water partition coefficient (Wildman–Crippen LogP) is 5.36. The van der Waals surface area contributed by atoms with Crippen LogP contribution in [-0.2, 0) is 11.2 Å². The number of isocyanates is 1. The van der Waals surface area contributed by atoms with Gasteiger partial charge in [0.05, 0.1) is 5.39 Å². The molecule has 0 radical (unpaired) electrons. The summed E-state index contributed by atoms with van der Waals surface area (Å²) in [6.45, 7) is 4.14. The van der Waals surface area contributed by atoms with Crippen LogP contribution in [0.2, 0.25) is 0 Å². The zero-order valence-electron chi connectivity index (χ0n) is 17.6. The Morgan fingerprint density at radius 2 is 1.62 bits per heavy atom. The van der Waals surface area contributed by atoms with Crippen molar-refractivity contribution >= 4 is 50.9 Å². The predicted molar refractivity (Wildman–Crippen MR) is 129 cm³/mol. The van der Waals surface area contributed by atoms with Crippen molar-refractivity contribution in [2.24, 2.45) is 0 Å². The zero-order valence-corrected chi connectivity index (χ0v) is 18.4. The third-order valence-electron chi connectivity index (χ3n) is 4.75. The lowest BCUT2D eigenvalue weighted by Gasteiger charge is -2.09. The zero-order chi connectivity index (χ0) is 23.1. The van der Waals surface area contributed by atoms with Gasteiger partial charge in [-0.2, -0.15) is 0 Å². The first-order valence-corrected chi connectivity index (χ1v) is 10.6. The summed E-state index contributed by atoms with van der Waals surface area (Å²) in [7, 11) is 0. The van der Waals surface area contributed by atoms with E-state index in [0.29, 0.717) is 11.5 Å². The van der Waals surface area contributed by atoms with E-state index in [-0.39, 0.29) is 6.03 Å². The molecule has 0 aliphatic heterocycles. The van der Waals surface area contributed by atoms with E-state index in [0.717, 1.165) is 44.4 Å². The number of amides is 2. The van der Waals surface area contributed by atoms with Gasteiger partial charge in [0.2, 0.25) is 6.08 Å². The van der Waals surface area contributed by atoms with Crippen molar-refractivity contribution in [1.29, 1.82) is 5.41 Å². The van der Waals surface area contributed by atoms with E-state index in [1.54, 1.807) is 11.3 Å². The minimum absolute atomic E-state index is 0.281. The van der Waals surface area contributed by atoms with E-state index in [1.807, 2.05) is 55.5 Å². The van der Waals surface area contributed by atoms with Crippen LogP contribution in [0.25, 0.3) is 21.3 Å². The molecular formula is C23H22N6O2S. The van der Waals surface area contributed by atoms with Gasteiger partial charge in [0.1, 0.15) is 17.0 Å². The van der Waals surface area contributed by atoms with Gasteiger partial charge in [-0.3, -0.25) is 0 Å². The number of benzene rings is 2. The van der Waals surface area contributed by atoms with Crippen molar-refractivity contribution in [2.75, 3.05) is 16.4 Å². The number of aromatic nitrogens is 2. The van der Waals surface area contributed by atoms with E-state index >= 15 is 0 Å². The molecule has 0 bridgehead atoms. The molecule has 162 valence electrons. The highest BCUT2D eigenvalue weighted by Crippen LogP contribution is 2.39. The molecule has 2 aromatic carbocycles. The van der Waals surface area contributed by atoms with E-state index in [2.05, 4.69) is 27.5 Å². The first-order valence-electron chi connectivity index (χ1n) is 9.77. The van der Waals surface area contributed by atoms with Crippen LogP contribution in [0, 0.1) is 12.3 Å². The van der Waals surface area contributed by atoms with E-state index in [9.17, 15) is 4.79 Å². The minimum Gasteiger partial charge on any atom is -0.383 e. The lowest BCUT2D eigenvalue weighted by Crippen LogP contribution is -2.19. The molecule has 4 rings (SSSR count). The average Bonchev–Trinajstić information content (AvgIpc) is 3.12. The quantitative estimate of drug-likeness (QED) is 0.247. The van der Waals surface area contributed by atoms with Gasteiger partial charge >= 0.3 is 6.03 Å². The number of fused-ring (bicyclic) bond motifs is 1. The van der Waals surface area contributed by atoms with E-state index in [1.165, 1.54) is 11.9 Å². The number of aryl methyl sites for hydroxylation is 2. The van der Waals surface area contributed by atoms with E-state index < -0.39 is 0 Å². The number of rotatable bonds is 4.